The van der Waals surface area contributed by atoms with Crippen molar-refractivity contribution in [3.8, 4) is 11.4 Å². The molecule has 2 heterocycles. The minimum absolute atomic E-state index is 0.0986. The van der Waals surface area contributed by atoms with Gasteiger partial charge in [0, 0.05) is 31.8 Å². The minimum atomic E-state index is -4.86. The molecule has 0 radical (unpaired) electrons. The van der Waals surface area contributed by atoms with Gasteiger partial charge in [-0.15, -0.1) is 18.3 Å². The van der Waals surface area contributed by atoms with Crippen molar-refractivity contribution in [3.63, 3.8) is 0 Å². The zero-order valence-electron chi connectivity index (χ0n) is 20.7. The van der Waals surface area contributed by atoms with Crippen LogP contribution in [-0.2, 0) is 16.1 Å². The molecule has 1 amide bonds. The molecule has 2 aromatic heterocycles. The monoisotopic (exact) mass is 543 g/mol. The fourth-order valence-electron chi connectivity index (χ4n) is 3.78. The van der Waals surface area contributed by atoms with Gasteiger partial charge in [-0.25, -0.2) is 0 Å². The highest BCUT2D eigenvalue weighted by molar-refractivity contribution is 5.92. The van der Waals surface area contributed by atoms with Gasteiger partial charge < -0.3 is 24.7 Å². The van der Waals surface area contributed by atoms with Gasteiger partial charge in [0.15, 0.2) is 5.82 Å². The minimum Gasteiger partial charge on any atom is -0.406 e. The molecule has 4 rings (SSSR count). The SMILES string of the molecule is COCCCNC(=O)Cn1cccc(Nc2nn(-c3ccc(OC(F)(F)F)cc3)c(=O)c3ccccc23)c1=O. The van der Waals surface area contributed by atoms with E-state index in [9.17, 15) is 27.6 Å². The molecule has 2 N–H and O–H groups in total. The molecule has 0 spiro atoms. The number of hydrogen-bond donors (Lipinski definition) is 2. The summed E-state index contributed by atoms with van der Waals surface area (Å²) in [4.78, 5) is 38.5. The van der Waals surface area contributed by atoms with Gasteiger partial charge in [-0.3, -0.25) is 14.4 Å². The number of rotatable bonds is 10. The van der Waals surface area contributed by atoms with E-state index in [1.807, 2.05) is 0 Å². The number of alkyl halides is 3. The van der Waals surface area contributed by atoms with Gasteiger partial charge in [0.05, 0.1) is 11.1 Å². The molecule has 0 atom stereocenters. The molecule has 0 bridgehead atoms. The number of aromatic nitrogens is 3. The number of anilines is 2. The maximum atomic E-state index is 13.2. The average molecular weight is 544 g/mol. The smallest absolute Gasteiger partial charge is 0.406 e. The molecule has 204 valence electrons. The molecular formula is C26H24F3N5O5. The lowest BCUT2D eigenvalue weighted by Crippen LogP contribution is -2.33. The molecule has 2 aromatic carbocycles. The van der Waals surface area contributed by atoms with Crippen LogP contribution in [0, 0.1) is 0 Å². The van der Waals surface area contributed by atoms with Crippen LogP contribution < -0.4 is 26.5 Å². The lowest BCUT2D eigenvalue weighted by Gasteiger charge is -2.14. The van der Waals surface area contributed by atoms with Crippen molar-refractivity contribution < 1.29 is 27.4 Å². The van der Waals surface area contributed by atoms with Crippen LogP contribution in [0.4, 0.5) is 24.7 Å². The molecule has 13 heteroatoms. The van der Waals surface area contributed by atoms with Crippen LogP contribution >= 0.6 is 0 Å². The van der Waals surface area contributed by atoms with Crippen molar-refractivity contribution >= 4 is 28.2 Å². The highest BCUT2D eigenvalue weighted by Crippen LogP contribution is 2.25. The fraction of sp³-hybridized carbons (Fsp3) is 0.231. The third kappa shape index (κ3) is 6.82. The van der Waals surface area contributed by atoms with E-state index in [1.165, 1.54) is 29.0 Å². The van der Waals surface area contributed by atoms with Crippen molar-refractivity contribution in [2.75, 3.05) is 25.6 Å². The third-order valence-corrected chi connectivity index (χ3v) is 5.55. The van der Waals surface area contributed by atoms with E-state index in [-0.39, 0.29) is 35.0 Å². The van der Waals surface area contributed by atoms with Gasteiger partial charge in [-0.05, 0) is 48.9 Å². The molecule has 10 nitrogen and oxygen atoms in total. The molecule has 0 saturated carbocycles. The van der Waals surface area contributed by atoms with Crippen LogP contribution in [0.1, 0.15) is 6.42 Å². The van der Waals surface area contributed by atoms with Crippen molar-refractivity contribution in [2.24, 2.45) is 0 Å². The van der Waals surface area contributed by atoms with Crippen LogP contribution in [0.15, 0.2) is 76.4 Å². The predicted octanol–water partition coefficient (Wildman–Crippen LogP) is 3.34. The van der Waals surface area contributed by atoms with E-state index in [2.05, 4.69) is 20.5 Å². The molecule has 4 aromatic rings. The summed E-state index contributed by atoms with van der Waals surface area (Å²) in [5.74, 6) is -0.647. The largest absolute Gasteiger partial charge is 0.573 e. The van der Waals surface area contributed by atoms with Crippen LogP contribution in [0.5, 0.6) is 5.75 Å². The second-order valence-electron chi connectivity index (χ2n) is 8.33. The Hall–Kier alpha value is -4.65. The van der Waals surface area contributed by atoms with E-state index in [1.54, 1.807) is 37.4 Å². The number of nitrogens with one attached hydrogen (secondary N) is 2. The normalized spacial score (nSPS) is 11.4. The van der Waals surface area contributed by atoms with E-state index in [4.69, 9.17) is 4.74 Å². The number of pyridine rings is 1. The number of hydrogen-bond acceptors (Lipinski definition) is 7. The summed E-state index contributed by atoms with van der Waals surface area (Å²) in [6.45, 7) is 0.690. The van der Waals surface area contributed by atoms with Crippen molar-refractivity contribution in [3.05, 3.63) is 87.6 Å². The maximum Gasteiger partial charge on any atom is 0.573 e. The first-order valence-corrected chi connectivity index (χ1v) is 11.8. The number of nitrogens with zero attached hydrogens (tertiary/aromatic N) is 3. The topological polar surface area (TPSA) is 116 Å². The zero-order valence-corrected chi connectivity index (χ0v) is 20.7. The Kier molecular flexibility index (Phi) is 8.30. The van der Waals surface area contributed by atoms with Gasteiger partial charge in [-0.2, -0.15) is 4.68 Å². The number of fused-ring (bicyclic) bond motifs is 1. The number of carbonyl (C=O) groups excluding carboxylic acids is 1. The van der Waals surface area contributed by atoms with Crippen LogP contribution in [0.2, 0.25) is 0 Å². The maximum absolute atomic E-state index is 13.2. The summed E-state index contributed by atoms with van der Waals surface area (Å²) in [6, 6.07) is 14.3. The van der Waals surface area contributed by atoms with E-state index in [0.717, 1.165) is 16.8 Å². The quantitative estimate of drug-likeness (QED) is 0.295. The van der Waals surface area contributed by atoms with Gasteiger partial charge in [0.1, 0.15) is 18.0 Å². The molecular weight excluding hydrogens is 519 g/mol. The highest BCUT2D eigenvalue weighted by atomic mass is 19.4. The molecule has 0 aliphatic rings. The van der Waals surface area contributed by atoms with Gasteiger partial charge in [0.25, 0.3) is 11.1 Å². The highest BCUT2D eigenvalue weighted by Gasteiger charge is 2.31. The Morgan fingerprint density at radius 3 is 2.38 bits per heavy atom. The molecule has 0 fully saturated rings. The summed E-state index contributed by atoms with van der Waals surface area (Å²) in [5, 5.41) is 10.7. The Morgan fingerprint density at radius 1 is 0.974 bits per heavy atom. The number of amides is 1. The summed E-state index contributed by atoms with van der Waals surface area (Å²) >= 11 is 0. The van der Waals surface area contributed by atoms with Gasteiger partial charge in [-0.1, -0.05) is 18.2 Å². The lowest BCUT2D eigenvalue weighted by molar-refractivity contribution is -0.274. The van der Waals surface area contributed by atoms with Crippen molar-refractivity contribution in [2.45, 2.75) is 19.3 Å². The number of ether oxygens (including phenoxy) is 2. The van der Waals surface area contributed by atoms with Gasteiger partial charge in [0.2, 0.25) is 5.91 Å². The molecule has 39 heavy (non-hydrogen) atoms. The van der Waals surface area contributed by atoms with Gasteiger partial charge >= 0.3 is 6.36 Å². The van der Waals surface area contributed by atoms with Crippen molar-refractivity contribution in [1.29, 1.82) is 0 Å². The lowest BCUT2D eigenvalue weighted by atomic mass is 10.2. The Bertz CT molecular complexity index is 1580. The Labute approximate surface area is 219 Å². The first-order chi connectivity index (χ1) is 18.7. The number of carbonyl (C=O) groups is 1. The van der Waals surface area contributed by atoms with Crippen molar-refractivity contribution in [1.82, 2.24) is 19.7 Å². The van der Waals surface area contributed by atoms with Crippen LogP contribution in [0.3, 0.4) is 0 Å². The predicted molar refractivity (Wildman–Crippen MR) is 138 cm³/mol. The molecule has 0 unspecified atom stereocenters. The Morgan fingerprint density at radius 2 is 1.69 bits per heavy atom. The standard InChI is InChI=1S/C26H24F3N5O5/c1-38-15-5-13-30-22(35)16-33-14-4-8-21(25(33)37)31-23-19-6-2-3-7-20(19)24(36)34(32-23)17-9-11-18(12-10-17)39-26(27,28)29/h2-4,6-12,14H,5,13,15-16H2,1H3,(H,30,35)(H,31,32). The van der Waals surface area contributed by atoms with E-state index >= 15 is 0 Å². The zero-order chi connectivity index (χ0) is 28.0. The second-order valence-corrected chi connectivity index (χ2v) is 8.33. The first kappa shape index (κ1) is 27.4. The summed E-state index contributed by atoms with van der Waals surface area (Å²) < 4.78 is 48.6. The van der Waals surface area contributed by atoms with Crippen LogP contribution in [0.25, 0.3) is 16.5 Å². The average Bonchev–Trinajstić information content (AvgIpc) is 2.90. The van der Waals surface area contributed by atoms with E-state index < -0.39 is 23.2 Å². The number of halogens is 3. The van der Waals surface area contributed by atoms with E-state index in [0.29, 0.717) is 25.0 Å². The fourth-order valence-corrected chi connectivity index (χ4v) is 3.78. The summed E-state index contributed by atoms with van der Waals surface area (Å²) in [5.41, 5.74) is -0.738. The summed E-state index contributed by atoms with van der Waals surface area (Å²) in [7, 11) is 1.56. The number of benzene rings is 2. The Balaban J connectivity index is 1.65. The van der Waals surface area contributed by atoms with Crippen LogP contribution in [-0.4, -0.2) is 46.9 Å². The molecule has 0 aliphatic carbocycles. The summed E-state index contributed by atoms with van der Waals surface area (Å²) in [6.07, 6.45) is -2.76. The molecule has 0 saturated heterocycles. The number of methoxy groups -OCH3 is 1. The molecule has 0 aliphatic heterocycles. The second kappa shape index (κ2) is 11.8. The third-order valence-electron chi connectivity index (χ3n) is 5.55. The first-order valence-electron chi connectivity index (χ1n) is 11.8.